The molecule has 1 fully saturated rings. The third kappa shape index (κ3) is 4.38. The Morgan fingerprint density at radius 3 is 2.61 bits per heavy atom. The van der Waals surface area contributed by atoms with Crippen LogP contribution >= 0.6 is 0 Å². The smallest absolute Gasteiger partial charge is 0.155 e. The first-order valence-electron chi connectivity index (χ1n) is 8.80. The van der Waals surface area contributed by atoms with E-state index in [0.717, 1.165) is 36.9 Å². The van der Waals surface area contributed by atoms with Crippen molar-refractivity contribution < 1.29 is 0 Å². The maximum Gasteiger partial charge on any atom is 0.155 e. The van der Waals surface area contributed by atoms with Gasteiger partial charge in [0.05, 0.1) is 0 Å². The summed E-state index contributed by atoms with van der Waals surface area (Å²) in [6.45, 7) is 7.70. The molecule has 5 heteroatoms. The Morgan fingerprint density at radius 2 is 1.87 bits per heavy atom. The van der Waals surface area contributed by atoms with E-state index >= 15 is 0 Å². The molecule has 0 aliphatic carbocycles. The van der Waals surface area contributed by atoms with Gasteiger partial charge in [0.15, 0.2) is 5.82 Å². The topological polar surface area (TPSA) is 46.8 Å². The van der Waals surface area contributed by atoms with Gasteiger partial charge in [-0.05, 0) is 70.4 Å². The van der Waals surface area contributed by atoms with Crippen LogP contribution in [0.4, 0.5) is 0 Å². The number of rotatable bonds is 5. The van der Waals surface area contributed by atoms with Gasteiger partial charge in [0.25, 0.3) is 0 Å². The van der Waals surface area contributed by atoms with Gasteiger partial charge in [0.1, 0.15) is 11.6 Å². The van der Waals surface area contributed by atoms with Crippen LogP contribution in [0.1, 0.15) is 49.3 Å². The molecule has 2 aromatic rings. The highest BCUT2D eigenvalue weighted by molar-refractivity contribution is 5.27. The van der Waals surface area contributed by atoms with Gasteiger partial charge < -0.3 is 4.90 Å². The van der Waals surface area contributed by atoms with E-state index in [-0.39, 0.29) is 0 Å². The minimum absolute atomic E-state index is 0.818. The van der Waals surface area contributed by atoms with Gasteiger partial charge in [0, 0.05) is 12.6 Å². The van der Waals surface area contributed by atoms with E-state index in [1.807, 2.05) is 23.9 Å². The van der Waals surface area contributed by atoms with Crippen LogP contribution in [0.15, 0.2) is 18.3 Å². The van der Waals surface area contributed by atoms with Gasteiger partial charge in [-0.3, -0.25) is 0 Å². The van der Waals surface area contributed by atoms with Crippen LogP contribution in [0.3, 0.4) is 0 Å². The van der Waals surface area contributed by atoms with Crippen molar-refractivity contribution in [3.05, 3.63) is 35.5 Å². The predicted molar refractivity (Wildman–Crippen MR) is 91.9 cm³/mol. The molecule has 0 amide bonds. The minimum Gasteiger partial charge on any atom is -0.303 e. The summed E-state index contributed by atoms with van der Waals surface area (Å²) in [6.07, 6.45) is 9.40. The Morgan fingerprint density at radius 1 is 1.09 bits per heavy atom. The fourth-order valence-corrected chi connectivity index (χ4v) is 3.26. The predicted octanol–water partition coefficient (Wildman–Crippen LogP) is 3.09. The normalized spacial score (nSPS) is 16.4. The SMILES string of the molecule is Cc1ccnc(-n2nc(C)nc2CCCN2CCCCCC2)c1. The van der Waals surface area contributed by atoms with Crippen LogP contribution in [0.25, 0.3) is 5.82 Å². The van der Waals surface area contributed by atoms with Crippen LogP contribution < -0.4 is 0 Å². The molecular formula is C18H27N5. The van der Waals surface area contributed by atoms with Crippen molar-refractivity contribution in [3.8, 4) is 5.82 Å². The maximum absolute atomic E-state index is 4.61. The molecule has 0 N–H and O–H groups in total. The number of nitrogens with zero attached hydrogens (tertiary/aromatic N) is 5. The number of aromatic nitrogens is 4. The lowest BCUT2D eigenvalue weighted by atomic mass is 10.2. The van der Waals surface area contributed by atoms with Gasteiger partial charge in [-0.15, -0.1) is 5.10 Å². The molecule has 5 nitrogen and oxygen atoms in total. The second-order valence-corrected chi connectivity index (χ2v) is 6.54. The molecule has 0 saturated carbocycles. The van der Waals surface area contributed by atoms with Crippen molar-refractivity contribution in [2.75, 3.05) is 19.6 Å². The van der Waals surface area contributed by atoms with Crippen molar-refractivity contribution in [2.24, 2.45) is 0 Å². The summed E-state index contributed by atoms with van der Waals surface area (Å²) in [5, 5.41) is 4.53. The molecular weight excluding hydrogens is 286 g/mol. The molecule has 0 atom stereocenters. The number of aryl methyl sites for hydroxylation is 3. The fourth-order valence-electron chi connectivity index (χ4n) is 3.26. The number of likely N-dealkylation sites (tertiary alicyclic amines) is 1. The van der Waals surface area contributed by atoms with E-state index in [4.69, 9.17) is 0 Å². The lowest BCUT2D eigenvalue weighted by Crippen LogP contribution is -2.26. The molecule has 0 unspecified atom stereocenters. The average Bonchev–Trinajstić information content (AvgIpc) is 2.73. The average molecular weight is 313 g/mol. The molecule has 124 valence electrons. The number of pyridine rings is 1. The van der Waals surface area contributed by atoms with Gasteiger partial charge >= 0.3 is 0 Å². The zero-order valence-corrected chi connectivity index (χ0v) is 14.3. The Labute approximate surface area is 138 Å². The van der Waals surface area contributed by atoms with E-state index in [0.29, 0.717) is 0 Å². The van der Waals surface area contributed by atoms with Crippen LogP contribution in [0.5, 0.6) is 0 Å². The summed E-state index contributed by atoms with van der Waals surface area (Å²) in [4.78, 5) is 11.7. The van der Waals surface area contributed by atoms with Gasteiger partial charge in [-0.1, -0.05) is 12.8 Å². The highest BCUT2D eigenvalue weighted by Gasteiger charge is 2.12. The second-order valence-electron chi connectivity index (χ2n) is 6.54. The summed E-state index contributed by atoms with van der Waals surface area (Å²) < 4.78 is 1.91. The van der Waals surface area contributed by atoms with E-state index < -0.39 is 0 Å². The third-order valence-electron chi connectivity index (χ3n) is 4.47. The molecule has 1 aliphatic rings. The van der Waals surface area contributed by atoms with Crippen molar-refractivity contribution in [2.45, 2.75) is 52.4 Å². The zero-order valence-electron chi connectivity index (χ0n) is 14.3. The van der Waals surface area contributed by atoms with Crippen LogP contribution in [-0.4, -0.2) is 44.3 Å². The Kier molecular flexibility index (Phi) is 5.39. The van der Waals surface area contributed by atoms with Crippen molar-refractivity contribution >= 4 is 0 Å². The zero-order chi connectivity index (χ0) is 16.1. The molecule has 1 saturated heterocycles. The summed E-state index contributed by atoms with van der Waals surface area (Å²) in [5.74, 6) is 2.71. The summed E-state index contributed by atoms with van der Waals surface area (Å²) in [7, 11) is 0. The lowest BCUT2D eigenvalue weighted by Gasteiger charge is -2.19. The molecule has 0 radical (unpaired) electrons. The molecule has 0 bridgehead atoms. The van der Waals surface area contributed by atoms with Gasteiger partial charge in [-0.2, -0.15) is 4.68 Å². The Hall–Kier alpha value is -1.75. The molecule has 1 aliphatic heterocycles. The lowest BCUT2D eigenvalue weighted by molar-refractivity contribution is 0.281. The first kappa shape index (κ1) is 16.1. The molecule has 0 spiro atoms. The number of hydrogen-bond acceptors (Lipinski definition) is 4. The van der Waals surface area contributed by atoms with E-state index in [1.54, 1.807) is 0 Å². The quantitative estimate of drug-likeness (QED) is 0.851. The van der Waals surface area contributed by atoms with Crippen LogP contribution in [-0.2, 0) is 6.42 Å². The fraction of sp³-hybridized carbons (Fsp3) is 0.611. The number of hydrogen-bond donors (Lipinski definition) is 0. The largest absolute Gasteiger partial charge is 0.303 e. The monoisotopic (exact) mass is 313 g/mol. The highest BCUT2D eigenvalue weighted by Crippen LogP contribution is 2.13. The van der Waals surface area contributed by atoms with E-state index in [2.05, 4.69) is 33.0 Å². The van der Waals surface area contributed by atoms with Crippen LogP contribution in [0, 0.1) is 13.8 Å². The first-order chi connectivity index (χ1) is 11.2. The summed E-state index contributed by atoms with van der Waals surface area (Å²) >= 11 is 0. The van der Waals surface area contributed by atoms with E-state index in [9.17, 15) is 0 Å². The van der Waals surface area contributed by atoms with Crippen molar-refractivity contribution in [3.63, 3.8) is 0 Å². The molecule has 3 rings (SSSR count). The van der Waals surface area contributed by atoms with Crippen molar-refractivity contribution in [1.29, 1.82) is 0 Å². The van der Waals surface area contributed by atoms with Crippen molar-refractivity contribution in [1.82, 2.24) is 24.6 Å². The maximum atomic E-state index is 4.61. The van der Waals surface area contributed by atoms with Gasteiger partial charge in [0.2, 0.25) is 0 Å². The molecule has 3 heterocycles. The van der Waals surface area contributed by atoms with Gasteiger partial charge in [-0.25, -0.2) is 9.97 Å². The highest BCUT2D eigenvalue weighted by atomic mass is 15.4. The Bertz CT molecular complexity index is 626. The molecule has 23 heavy (non-hydrogen) atoms. The Balaban J connectivity index is 1.64. The molecule has 2 aromatic heterocycles. The van der Waals surface area contributed by atoms with E-state index in [1.165, 1.54) is 44.3 Å². The van der Waals surface area contributed by atoms with Crippen LogP contribution in [0.2, 0.25) is 0 Å². The second kappa shape index (κ2) is 7.68. The summed E-state index contributed by atoms with van der Waals surface area (Å²) in [5.41, 5.74) is 1.19. The standard InChI is InChI=1S/C18H27N5/c1-15-9-10-19-18(14-15)23-17(20-16(2)21-23)8-7-13-22-11-5-3-4-6-12-22/h9-10,14H,3-8,11-13H2,1-2H3. The third-order valence-corrected chi connectivity index (χ3v) is 4.47. The summed E-state index contributed by atoms with van der Waals surface area (Å²) in [6, 6.07) is 4.07. The minimum atomic E-state index is 0.818. The first-order valence-corrected chi connectivity index (χ1v) is 8.80. The molecule has 0 aromatic carbocycles.